The van der Waals surface area contributed by atoms with Crippen LogP contribution in [-0.4, -0.2) is 17.1 Å². The van der Waals surface area contributed by atoms with Crippen molar-refractivity contribution in [3.05, 3.63) is 42.1 Å². The fourth-order valence-corrected chi connectivity index (χ4v) is 1.01. The normalized spacial score (nSPS) is 11.6. The van der Waals surface area contributed by atoms with Crippen LogP contribution < -0.4 is 5.32 Å². The minimum absolute atomic E-state index is 0. The number of allylic oxidation sites excluding steroid dienone is 4. The maximum atomic E-state index is 5.22. The fourth-order valence-electron chi connectivity index (χ4n) is 0.828. The van der Waals surface area contributed by atoms with Gasteiger partial charge in [0.05, 0.1) is 4.99 Å². The first kappa shape index (κ1) is 20.5. The van der Waals surface area contributed by atoms with Crippen molar-refractivity contribution < 1.29 is 37.5 Å². The molecule has 18 heavy (non-hydrogen) atoms. The van der Waals surface area contributed by atoms with Gasteiger partial charge in [0.25, 0.3) is 0 Å². The Morgan fingerprint density at radius 1 is 1.39 bits per heavy atom. The van der Waals surface area contributed by atoms with E-state index in [1.807, 2.05) is 52.0 Å². The van der Waals surface area contributed by atoms with Crippen molar-refractivity contribution in [3.8, 4) is 0 Å². The molecule has 0 fully saturated rings. The Hall–Kier alpha value is 0.134. The largest absolute Gasteiger partial charge is 0.528 e. The van der Waals surface area contributed by atoms with Crippen molar-refractivity contribution in [2.45, 2.75) is 33.3 Å². The number of hydrogen-bond donors (Lipinski definition) is 1. The third-order valence-electron chi connectivity index (χ3n) is 1.45. The molecule has 99 valence electrons. The van der Waals surface area contributed by atoms with Gasteiger partial charge >= 0.3 is 0 Å². The summed E-state index contributed by atoms with van der Waals surface area (Å²) in [6, 6.07) is 0. The molecule has 0 rings (SSSR count). The Bertz CT molecular complexity index is 319. The van der Waals surface area contributed by atoms with Crippen LogP contribution in [0, 0.1) is 0 Å². The van der Waals surface area contributed by atoms with E-state index in [1.54, 1.807) is 0 Å². The second-order valence-electron chi connectivity index (χ2n) is 4.45. The van der Waals surface area contributed by atoms with Crippen molar-refractivity contribution in [1.29, 1.82) is 0 Å². The molecule has 0 atom stereocenters. The van der Waals surface area contributed by atoms with Gasteiger partial charge in [-0.15, -0.1) is 0 Å². The molecule has 0 spiro atoms. The number of nitrogens with zero attached hydrogens (tertiary/aromatic N) is 1. The monoisotopic (exact) mass is 342 g/mol. The topological polar surface area (TPSA) is 35.4 Å². The molecule has 1 N–H and O–H groups in total. The number of rotatable bonds is 6. The summed E-state index contributed by atoms with van der Waals surface area (Å²) in [5.74, 6) is 0. The maximum absolute atomic E-state index is 5.22. The van der Waals surface area contributed by atoms with E-state index in [4.69, 9.17) is 17.1 Å². The van der Waals surface area contributed by atoms with Crippen molar-refractivity contribution in [2.24, 2.45) is 0 Å². The molecule has 0 bridgehead atoms. The van der Waals surface area contributed by atoms with Crippen molar-refractivity contribution >= 4 is 17.2 Å². The van der Waals surface area contributed by atoms with Crippen LogP contribution >= 0.6 is 12.2 Å². The average Bonchev–Trinajstić information content (AvgIpc) is 2.15. The van der Waals surface area contributed by atoms with Crippen LogP contribution in [0.1, 0.15) is 27.7 Å². The summed E-state index contributed by atoms with van der Waals surface area (Å²) in [6.07, 6.45) is 7.59. The van der Waals surface area contributed by atoms with Crippen LogP contribution in [0.2, 0.25) is 0 Å². The second kappa shape index (κ2) is 11.0. The molecule has 1 radical (unpaired) electrons. The summed E-state index contributed by atoms with van der Waals surface area (Å²) in [7, 11) is 0. The van der Waals surface area contributed by atoms with E-state index < -0.39 is 0 Å². The molecule has 0 aromatic rings. The molecule has 0 aliphatic carbocycles. The summed E-state index contributed by atoms with van der Waals surface area (Å²) >= 11 is 5.10. The number of hydroxylamine groups is 1. The van der Waals surface area contributed by atoms with E-state index in [2.05, 4.69) is 17.4 Å². The third-order valence-corrected chi connectivity index (χ3v) is 1.68. The predicted octanol–water partition coefficient (Wildman–Crippen LogP) is 3.65. The van der Waals surface area contributed by atoms with Crippen LogP contribution in [0.25, 0.3) is 5.48 Å². The van der Waals surface area contributed by atoms with Crippen LogP contribution in [0.4, 0.5) is 0 Å². The molecule has 0 aromatic heterocycles. The van der Waals surface area contributed by atoms with E-state index in [1.165, 1.54) is 0 Å². The molecule has 0 amide bonds. The summed E-state index contributed by atoms with van der Waals surface area (Å²) in [4.78, 5) is 5.81. The third kappa shape index (κ3) is 14.2. The summed E-state index contributed by atoms with van der Waals surface area (Å²) < 4.78 is 0. The minimum atomic E-state index is -0.279. The Morgan fingerprint density at radius 2 is 2.00 bits per heavy atom. The number of hydrogen-bond acceptors (Lipinski definition) is 2. The molecule has 5 heteroatoms. The fraction of sp³-hybridized carbons (Fsp3) is 0.462. The Morgan fingerprint density at radius 3 is 2.50 bits per heavy atom. The van der Waals surface area contributed by atoms with Crippen LogP contribution in [0.15, 0.2) is 36.6 Å². The van der Waals surface area contributed by atoms with Gasteiger partial charge in [-0.25, -0.2) is 0 Å². The molecular formula is C13H21N2OSY-. The smallest absolute Gasteiger partial charge is 0.0604 e. The van der Waals surface area contributed by atoms with Gasteiger partial charge in [0.15, 0.2) is 0 Å². The molecule has 0 aliphatic heterocycles. The first-order valence-electron chi connectivity index (χ1n) is 5.48. The van der Waals surface area contributed by atoms with Gasteiger partial charge in [-0.3, -0.25) is 0 Å². The molecule has 0 saturated heterocycles. The molecular weight excluding hydrogens is 321 g/mol. The Labute approximate surface area is 141 Å². The van der Waals surface area contributed by atoms with Gasteiger partial charge in [-0.2, -0.15) is 0 Å². The van der Waals surface area contributed by atoms with E-state index in [-0.39, 0.29) is 38.3 Å². The van der Waals surface area contributed by atoms with Gasteiger partial charge < -0.3 is 15.6 Å². The standard InChI is InChI=1S/C13H21N2OS.Y/c1-6-7-8-9-11(2)15-12(17)10-14-16-13(3,4)5;/h6-9H,2,10H2,1,3-5H3,(H,15,17);/q-1;/b7-6-,9-8-;. The zero-order valence-corrected chi connectivity index (χ0v) is 15.2. The zero-order valence-electron chi connectivity index (χ0n) is 11.6. The van der Waals surface area contributed by atoms with Gasteiger partial charge in [0, 0.05) is 44.0 Å². The van der Waals surface area contributed by atoms with Gasteiger partial charge in [-0.1, -0.05) is 43.6 Å². The molecule has 0 aromatic carbocycles. The van der Waals surface area contributed by atoms with E-state index >= 15 is 0 Å². The second-order valence-corrected chi connectivity index (χ2v) is 4.94. The summed E-state index contributed by atoms with van der Waals surface area (Å²) in [5, 5.41) is 2.97. The van der Waals surface area contributed by atoms with E-state index in [0.29, 0.717) is 11.5 Å². The van der Waals surface area contributed by atoms with E-state index in [0.717, 1.165) is 5.70 Å². The van der Waals surface area contributed by atoms with Gasteiger partial charge in [-0.05, 0) is 33.8 Å². The average molecular weight is 342 g/mol. The summed E-state index contributed by atoms with van der Waals surface area (Å²) in [5.41, 5.74) is 4.37. The predicted molar refractivity (Wildman–Crippen MR) is 77.9 cm³/mol. The minimum Gasteiger partial charge on any atom is -0.528 e. The quantitative estimate of drug-likeness (QED) is 0.455. The van der Waals surface area contributed by atoms with Crippen LogP contribution in [0.5, 0.6) is 0 Å². The number of nitrogens with one attached hydrogen (secondary N) is 1. The Kier molecular flexibility index (Phi) is 12.5. The van der Waals surface area contributed by atoms with Crippen molar-refractivity contribution in [3.63, 3.8) is 0 Å². The maximum Gasteiger partial charge on any atom is 0.0604 e. The number of thiocarbonyl (C=S) groups is 1. The van der Waals surface area contributed by atoms with Crippen LogP contribution in [0.3, 0.4) is 0 Å². The first-order chi connectivity index (χ1) is 7.85. The van der Waals surface area contributed by atoms with Crippen LogP contribution in [-0.2, 0) is 37.5 Å². The first-order valence-corrected chi connectivity index (χ1v) is 5.89. The molecule has 0 unspecified atom stereocenters. The van der Waals surface area contributed by atoms with Crippen molar-refractivity contribution in [2.75, 3.05) is 6.54 Å². The molecule has 0 heterocycles. The summed E-state index contributed by atoms with van der Waals surface area (Å²) in [6.45, 7) is 11.9. The molecule has 3 nitrogen and oxygen atoms in total. The Balaban J connectivity index is 0. The van der Waals surface area contributed by atoms with Crippen molar-refractivity contribution in [1.82, 2.24) is 5.32 Å². The zero-order chi connectivity index (χ0) is 13.3. The van der Waals surface area contributed by atoms with E-state index in [9.17, 15) is 0 Å². The molecule has 0 aliphatic rings. The SMILES string of the molecule is C=C(/C=C\C=C/C)NC(=S)C[N-]OC(C)(C)C.[Y]. The molecule has 0 saturated carbocycles. The van der Waals surface area contributed by atoms with Gasteiger partial charge in [0.2, 0.25) is 0 Å². The van der Waals surface area contributed by atoms with Gasteiger partial charge in [0.1, 0.15) is 0 Å².